The standard InChI is InChI=1S/C20H23NO4/c1-4-18(25-16-9-7-6-8-10-16)19(22)21-17-12-11-15(13-14(17)3)20(23)24-5-2/h6-13,18H,4-5H2,1-3H3,(H,21,22)/t18-/m0/s1. The summed E-state index contributed by atoms with van der Waals surface area (Å²) in [5.41, 5.74) is 1.89. The van der Waals surface area contributed by atoms with Gasteiger partial charge in [0.05, 0.1) is 12.2 Å². The minimum absolute atomic E-state index is 0.224. The molecule has 2 aromatic carbocycles. The highest BCUT2D eigenvalue weighted by Gasteiger charge is 2.19. The number of carbonyl (C=O) groups excluding carboxylic acids is 2. The average Bonchev–Trinajstić information content (AvgIpc) is 2.62. The smallest absolute Gasteiger partial charge is 0.338 e. The number of aryl methyl sites for hydroxylation is 1. The molecule has 1 N–H and O–H groups in total. The third kappa shape index (κ3) is 5.08. The van der Waals surface area contributed by atoms with E-state index in [1.807, 2.05) is 44.2 Å². The van der Waals surface area contributed by atoms with Crippen molar-refractivity contribution >= 4 is 17.6 Å². The highest BCUT2D eigenvalue weighted by atomic mass is 16.5. The van der Waals surface area contributed by atoms with Crippen LogP contribution in [0.15, 0.2) is 48.5 Å². The Bertz CT molecular complexity index is 728. The molecule has 1 amide bonds. The fourth-order valence-corrected chi connectivity index (χ4v) is 2.34. The van der Waals surface area contributed by atoms with Gasteiger partial charge < -0.3 is 14.8 Å². The number of benzene rings is 2. The van der Waals surface area contributed by atoms with Crippen molar-refractivity contribution in [2.45, 2.75) is 33.3 Å². The molecule has 0 radical (unpaired) electrons. The Labute approximate surface area is 148 Å². The maximum Gasteiger partial charge on any atom is 0.338 e. The molecule has 0 fully saturated rings. The lowest BCUT2D eigenvalue weighted by molar-refractivity contribution is -0.122. The molecule has 0 bridgehead atoms. The van der Waals surface area contributed by atoms with E-state index in [1.54, 1.807) is 25.1 Å². The molecular formula is C20H23NO4. The lowest BCUT2D eigenvalue weighted by Gasteiger charge is -2.18. The molecule has 2 aromatic rings. The number of hydrogen-bond donors (Lipinski definition) is 1. The van der Waals surface area contributed by atoms with Crippen molar-refractivity contribution in [2.24, 2.45) is 0 Å². The maximum atomic E-state index is 12.5. The predicted molar refractivity (Wildman–Crippen MR) is 96.9 cm³/mol. The van der Waals surface area contributed by atoms with Crippen LogP contribution in [0.2, 0.25) is 0 Å². The molecule has 0 aromatic heterocycles. The van der Waals surface area contributed by atoms with Crippen LogP contribution in [0, 0.1) is 6.92 Å². The number of anilines is 1. The van der Waals surface area contributed by atoms with E-state index in [0.29, 0.717) is 30.0 Å². The van der Waals surface area contributed by atoms with Gasteiger partial charge >= 0.3 is 5.97 Å². The van der Waals surface area contributed by atoms with Gasteiger partial charge in [-0.15, -0.1) is 0 Å². The summed E-state index contributed by atoms with van der Waals surface area (Å²) in [5.74, 6) is 0.0551. The lowest BCUT2D eigenvalue weighted by atomic mass is 10.1. The Kier molecular flexibility index (Phi) is 6.57. The van der Waals surface area contributed by atoms with Gasteiger partial charge in [0.15, 0.2) is 6.10 Å². The van der Waals surface area contributed by atoms with Crippen molar-refractivity contribution in [1.82, 2.24) is 0 Å². The van der Waals surface area contributed by atoms with Crippen molar-refractivity contribution in [3.63, 3.8) is 0 Å². The molecule has 0 aliphatic heterocycles. The molecular weight excluding hydrogens is 318 g/mol. The molecule has 1 atom stereocenters. The monoisotopic (exact) mass is 341 g/mol. The summed E-state index contributed by atoms with van der Waals surface area (Å²) in [6.45, 7) is 5.81. The zero-order valence-corrected chi connectivity index (χ0v) is 14.7. The first kappa shape index (κ1) is 18.5. The van der Waals surface area contributed by atoms with Gasteiger partial charge in [-0.3, -0.25) is 4.79 Å². The number of hydrogen-bond acceptors (Lipinski definition) is 4. The quantitative estimate of drug-likeness (QED) is 0.774. The third-order valence-corrected chi connectivity index (χ3v) is 3.68. The molecule has 132 valence electrons. The summed E-state index contributed by atoms with van der Waals surface area (Å²) >= 11 is 0. The first-order valence-electron chi connectivity index (χ1n) is 8.35. The molecule has 0 saturated heterocycles. The first-order chi connectivity index (χ1) is 12.0. The molecule has 0 saturated carbocycles. The number of amides is 1. The number of rotatable bonds is 7. The number of nitrogens with one attached hydrogen (secondary N) is 1. The second-order valence-electron chi connectivity index (χ2n) is 5.57. The third-order valence-electron chi connectivity index (χ3n) is 3.68. The van der Waals surface area contributed by atoms with E-state index in [0.717, 1.165) is 5.56 Å². The van der Waals surface area contributed by atoms with Crippen molar-refractivity contribution in [3.05, 3.63) is 59.7 Å². The van der Waals surface area contributed by atoms with Gasteiger partial charge in [0.25, 0.3) is 5.91 Å². The first-order valence-corrected chi connectivity index (χ1v) is 8.35. The highest BCUT2D eigenvalue weighted by molar-refractivity contribution is 5.96. The number of ether oxygens (including phenoxy) is 2. The molecule has 25 heavy (non-hydrogen) atoms. The summed E-state index contributed by atoms with van der Waals surface area (Å²) in [6.07, 6.45) is -0.0488. The Morgan fingerprint density at radius 1 is 1.08 bits per heavy atom. The zero-order chi connectivity index (χ0) is 18.2. The van der Waals surface area contributed by atoms with Crippen LogP contribution in [0.1, 0.15) is 36.2 Å². The van der Waals surface area contributed by atoms with Gasteiger partial charge in [0.2, 0.25) is 0 Å². The summed E-state index contributed by atoms with van der Waals surface area (Å²) in [4.78, 5) is 24.3. The van der Waals surface area contributed by atoms with Gasteiger partial charge in [-0.1, -0.05) is 25.1 Å². The van der Waals surface area contributed by atoms with E-state index in [1.165, 1.54) is 0 Å². The molecule has 0 aliphatic rings. The molecule has 0 heterocycles. The lowest BCUT2D eigenvalue weighted by Crippen LogP contribution is -2.32. The summed E-state index contributed by atoms with van der Waals surface area (Å²) in [7, 11) is 0. The van der Waals surface area contributed by atoms with E-state index in [9.17, 15) is 9.59 Å². The van der Waals surface area contributed by atoms with Crippen molar-refractivity contribution < 1.29 is 19.1 Å². The van der Waals surface area contributed by atoms with Crippen LogP contribution in [0.5, 0.6) is 5.75 Å². The molecule has 0 unspecified atom stereocenters. The van der Waals surface area contributed by atoms with Crippen LogP contribution in [-0.2, 0) is 9.53 Å². The second kappa shape index (κ2) is 8.87. The van der Waals surface area contributed by atoms with E-state index >= 15 is 0 Å². The largest absolute Gasteiger partial charge is 0.481 e. The molecule has 0 aliphatic carbocycles. The number of carbonyl (C=O) groups is 2. The normalized spacial score (nSPS) is 11.5. The summed E-state index contributed by atoms with van der Waals surface area (Å²) in [5, 5.41) is 2.86. The SMILES string of the molecule is CCOC(=O)c1ccc(NC(=O)[C@H](CC)Oc2ccccc2)c(C)c1. The van der Waals surface area contributed by atoms with E-state index < -0.39 is 6.10 Å². The Hall–Kier alpha value is -2.82. The summed E-state index contributed by atoms with van der Waals surface area (Å²) < 4.78 is 10.7. The zero-order valence-electron chi connectivity index (χ0n) is 14.7. The van der Waals surface area contributed by atoms with E-state index in [4.69, 9.17) is 9.47 Å². The average molecular weight is 341 g/mol. The van der Waals surface area contributed by atoms with Crippen LogP contribution in [0.25, 0.3) is 0 Å². The van der Waals surface area contributed by atoms with Crippen molar-refractivity contribution in [1.29, 1.82) is 0 Å². The summed E-state index contributed by atoms with van der Waals surface area (Å²) in [6, 6.07) is 14.3. The van der Waals surface area contributed by atoms with Crippen LogP contribution < -0.4 is 10.1 Å². The van der Waals surface area contributed by atoms with E-state index in [-0.39, 0.29) is 11.9 Å². The van der Waals surface area contributed by atoms with Crippen LogP contribution >= 0.6 is 0 Å². The van der Waals surface area contributed by atoms with Crippen LogP contribution in [0.3, 0.4) is 0 Å². The van der Waals surface area contributed by atoms with E-state index in [2.05, 4.69) is 5.32 Å². The molecule has 5 nitrogen and oxygen atoms in total. The number of esters is 1. The van der Waals surface area contributed by atoms with Gasteiger partial charge in [-0.05, 0) is 56.2 Å². The fraction of sp³-hybridized carbons (Fsp3) is 0.300. The maximum absolute atomic E-state index is 12.5. The molecule has 2 rings (SSSR count). The van der Waals surface area contributed by atoms with Crippen molar-refractivity contribution in [2.75, 3.05) is 11.9 Å². The van der Waals surface area contributed by atoms with Crippen molar-refractivity contribution in [3.8, 4) is 5.75 Å². The minimum atomic E-state index is -0.591. The second-order valence-corrected chi connectivity index (χ2v) is 5.57. The molecule has 5 heteroatoms. The topological polar surface area (TPSA) is 64.6 Å². The molecule has 0 spiro atoms. The van der Waals surface area contributed by atoms with Gasteiger partial charge in [0, 0.05) is 5.69 Å². The highest BCUT2D eigenvalue weighted by Crippen LogP contribution is 2.19. The Morgan fingerprint density at radius 2 is 1.80 bits per heavy atom. The number of para-hydroxylation sites is 1. The Balaban J connectivity index is 2.07. The van der Waals surface area contributed by atoms with Gasteiger partial charge in [0.1, 0.15) is 5.75 Å². The fourth-order valence-electron chi connectivity index (χ4n) is 2.34. The van der Waals surface area contributed by atoms with Gasteiger partial charge in [-0.25, -0.2) is 4.79 Å². The van der Waals surface area contributed by atoms with Crippen LogP contribution in [0.4, 0.5) is 5.69 Å². The van der Waals surface area contributed by atoms with Crippen LogP contribution in [-0.4, -0.2) is 24.6 Å². The Morgan fingerprint density at radius 3 is 2.40 bits per heavy atom. The predicted octanol–water partition coefficient (Wildman–Crippen LogP) is 3.97. The van der Waals surface area contributed by atoms with Gasteiger partial charge in [-0.2, -0.15) is 0 Å². The minimum Gasteiger partial charge on any atom is -0.481 e.